The van der Waals surface area contributed by atoms with E-state index in [0.29, 0.717) is 17.0 Å². The van der Waals surface area contributed by atoms with Crippen LogP contribution in [0.4, 0.5) is 11.6 Å². The molecule has 0 aliphatic heterocycles. The smallest absolute Gasteiger partial charge is 0.399 e. The second kappa shape index (κ2) is 6.10. The Morgan fingerprint density at radius 3 is 3.00 bits per heavy atom. The average molecular weight is 312 g/mol. The molecule has 0 bridgehead atoms. The second-order valence-corrected chi connectivity index (χ2v) is 4.61. The first kappa shape index (κ1) is 14.4. The Hall–Kier alpha value is -3.49. The van der Waals surface area contributed by atoms with E-state index < -0.39 is 4.92 Å². The van der Waals surface area contributed by atoms with Gasteiger partial charge in [-0.3, -0.25) is 25.2 Å². The molecule has 9 heteroatoms. The number of nitrogens with one attached hydrogen (secondary N) is 1. The number of aryl methyl sites for hydroxylation is 1. The van der Waals surface area contributed by atoms with Gasteiger partial charge in [0.15, 0.2) is 5.76 Å². The van der Waals surface area contributed by atoms with Crippen molar-refractivity contribution in [3.8, 4) is 11.5 Å². The molecule has 23 heavy (non-hydrogen) atoms. The maximum atomic E-state index is 10.7. The topological polar surface area (TPSA) is 111 Å². The highest BCUT2D eigenvalue weighted by Crippen LogP contribution is 2.26. The highest BCUT2D eigenvalue weighted by molar-refractivity contribution is 5.88. The molecule has 0 unspecified atom stereocenters. The van der Waals surface area contributed by atoms with Crippen LogP contribution in [0.15, 0.2) is 52.4 Å². The first-order valence-corrected chi connectivity index (χ1v) is 6.61. The maximum absolute atomic E-state index is 10.7. The lowest BCUT2D eigenvalue weighted by molar-refractivity contribution is -0.401. The SMILES string of the molecule is Cn1cc(/C=N/Nc2cccnc2)c(-c2ccc([N+](=O)[O-])o2)n1. The minimum atomic E-state index is -0.593. The van der Waals surface area contributed by atoms with Crippen LogP contribution in [0.3, 0.4) is 0 Å². The fraction of sp³-hybridized carbons (Fsp3) is 0.0714. The van der Waals surface area contributed by atoms with Gasteiger partial charge in [-0.2, -0.15) is 10.2 Å². The van der Waals surface area contributed by atoms with Crippen molar-refractivity contribution in [2.45, 2.75) is 0 Å². The fourth-order valence-electron chi connectivity index (χ4n) is 1.95. The number of nitro groups is 1. The van der Waals surface area contributed by atoms with E-state index in [2.05, 4.69) is 20.6 Å². The van der Waals surface area contributed by atoms with Crippen LogP contribution < -0.4 is 5.43 Å². The standard InChI is InChI=1S/C14H12N6O3/c1-19-9-10(7-16-17-11-3-2-6-15-8-11)14(18-19)12-4-5-13(23-12)20(21)22/h2-9,17H,1H3/b16-7+. The van der Waals surface area contributed by atoms with Crippen LogP contribution in [0.25, 0.3) is 11.5 Å². The van der Waals surface area contributed by atoms with E-state index in [1.807, 2.05) is 6.07 Å². The summed E-state index contributed by atoms with van der Waals surface area (Å²) in [5.41, 5.74) is 4.70. The van der Waals surface area contributed by atoms with E-state index >= 15 is 0 Å². The zero-order chi connectivity index (χ0) is 16.2. The molecule has 0 amide bonds. The van der Waals surface area contributed by atoms with Crippen molar-refractivity contribution in [1.82, 2.24) is 14.8 Å². The predicted molar refractivity (Wildman–Crippen MR) is 83.0 cm³/mol. The number of furan rings is 1. The monoisotopic (exact) mass is 312 g/mol. The normalized spacial score (nSPS) is 11.0. The number of nitrogens with zero attached hydrogens (tertiary/aromatic N) is 5. The van der Waals surface area contributed by atoms with Crippen LogP contribution in [0.1, 0.15) is 5.56 Å². The van der Waals surface area contributed by atoms with Crippen LogP contribution in [-0.2, 0) is 7.05 Å². The molecule has 0 saturated heterocycles. The van der Waals surface area contributed by atoms with Crippen LogP contribution in [0.2, 0.25) is 0 Å². The minimum absolute atomic E-state index is 0.306. The quantitative estimate of drug-likeness (QED) is 0.440. The molecular weight excluding hydrogens is 300 g/mol. The predicted octanol–water partition coefficient (Wildman–Crippen LogP) is 2.43. The summed E-state index contributed by atoms with van der Waals surface area (Å²) in [6, 6.07) is 6.41. The van der Waals surface area contributed by atoms with Gasteiger partial charge in [-0.05, 0) is 18.2 Å². The number of anilines is 1. The molecule has 3 aromatic rings. The summed E-state index contributed by atoms with van der Waals surface area (Å²) in [7, 11) is 1.74. The molecule has 116 valence electrons. The first-order valence-electron chi connectivity index (χ1n) is 6.61. The third-order valence-electron chi connectivity index (χ3n) is 2.92. The zero-order valence-corrected chi connectivity index (χ0v) is 12.1. The molecule has 0 spiro atoms. The number of hydrogen-bond acceptors (Lipinski definition) is 7. The van der Waals surface area contributed by atoms with Gasteiger partial charge >= 0.3 is 5.88 Å². The van der Waals surface area contributed by atoms with Crippen molar-refractivity contribution >= 4 is 17.8 Å². The van der Waals surface area contributed by atoms with Gasteiger partial charge in [-0.1, -0.05) is 0 Å². The molecule has 0 radical (unpaired) electrons. The summed E-state index contributed by atoms with van der Waals surface area (Å²) in [5, 5.41) is 19.1. The molecule has 1 N–H and O–H groups in total. The highest BCUT2D eigenvalue weighted by atomic mass is 16.6. The zero-order valence-electron chi connectivity index (χ0n) is 12.1. The lowest BCUT2D eigenvalue weighted by Crippen LogP contribution is -1.91. The van der Waals surface area contributed by atoms with Crippen LogP contribution in [0.5, 0.6) is 0 Å². The summed E-state index contributed by atoms with van der Waals surface area (Å²) < 4.78 is 6.76. The summed E-state index contributed by atoms with van der Waals surface area (Å²) >= 11 is 0. The van der Waals surface area contributed by atoms with Gasteiger partial charge in [-0.15, -0.1) is 0 Å². The number of aromatic nitrogens is 3. The van der Waals surface area contributed by atoms with Gasteiger partial charge in [0.05, 0.1) is 24.2 Å². The molecule has 9 nitrogen and oxygen atoms in total. The van der Waals surface area contributed by atoms with E-state index in [1.54, 1.807) is 42.6 Å². The number of hydrazone groups is 1. The molecule has 3 aromatic heterocycles. The summed E-state index contributed by atoms with van der Waals surface area (Å²) in [4.78, 5) is 14.1. The average Bonchev–Trinajstić information content (AvgIpc) is 3.15. The molecule has 0 aromatic carbocycles. The summed E-state index contributed by atoms with van der Waals surface area (Å²) in [5.74, 6) is -0.0258. The highest BCUT2D eigenvalue weighted by Gasteiger charge is 2.17. The van der Waals surface area contributed by atoms with Crippen molar-refractivity contribution in [3.05, 3.63) is 58.5 Å². The van der Waals surface area contributed by atoms with Gasteiger partial charge in [-0.25, -0.2) is 0 Å². The molecular formula is C14H12N6O3. The van der Waals surface area contributed by atoms with Crippen LogP contribution in [-0.4, -0.2) is 25.9 Å². The summed E-state index contributed by atoms with van der Waals surface area (Å²) in [6.45, 7) is 0. The van der Waals surface area contributed by atoms with Gasteiger partial charge in [0.2, 0.25) is 0 Å². The second-order valence-electron chi connectivity index (χ2n) is 4.61. The van der Waals surface area contributed by atoms with E-state index in [9.17, 15) is 10.1 Å². The number of hydrogen-bond donors (Lipinski definition) is 1. The third kappa shape index (κ3) is 3.23. The van der Waals surface area contributed by atoms with Crippen molar-refractivity contribution in [2.24, 2.45) is 12.1 Å². The Labute approximate surface area is 130 Å². The van der Waals surface area contributed by atoms with Gasteiger partial charge in [0.1, 0.15) is 10.6 Å². The molecule has 3 rings (SSSR count). The van der Waals surface area contributed by atoms with Crippen LogP contribution >= 0.6 is 0 Å². The fourth-order valence-corrected chi connectivity index (χ4v) is 1.95. The van der Waals surface area contributed by atoms with Crippen molar-refractivity contribution in [2.75, 3.05) is 5.43 Å². The van der Waals surface area contributed by atoms with Crippen LogP contribution in [0, 0.1) is 10.1 Å². The number of rotatable bonds is 5. The van der Waals surface area contributed by atoms with Crippen molar-refractivity contribution in [1.29, 1.82) is 0 Å². The van der Waals surface area contributed by atoms with E-state index in [4.69, 9.17) is 4.42 Å². The van der Waals surface area contributed by atoms with E-state index in [1.165, 1.54) is 12.1 Å². The van der Waals surface area contributed by atoms with Gasteiger partial charge in [0, 0.05) is 25.0 Å². The van der Waals surface area contributed by atoms with E-state index in [0.717, 1.165) is 5.69 Å². The molecule has 0 aliphatic carbocycles. The van der Waals surface area contributed by atoms with Gasteiger partial charge in [0.25, 0.3) is 0 Å². The molecule has 3 heterocycles. The van der Waals surface area contributed by atoms with Gasteiger partial charge < -0.3 is 4.42 Å². The third-order valence-corrected chi connectivity index (χ3v) is 2.92. The largest absolute Gasteiger partial charge is 0.433 e. The van der Waals surface area contributed by atoms with Crippen molar-refractivity contribution in [3.63, 3.8) is 0 Å². The lowest BCUT2D eigenvalue weighted by Gasteiger charge is -1.97. The lowest BCUT2D eigenvalue weighted by atomic mass is 10.2. The maximum Gasteiger partial charge on any atom is 0.433 e. The Morgan fingerprint density at radius 1 is 1.43 bits per heavy atom. The Balaban J connectivity index is 1.84. The van der Waals surface area contributed by atoms with Crippen molar-refractivity contribution < 1.29 is 9.34 Å². The minimum Gasteiger partial charge on any atom is -0.399 e. The Morgan fingerprint density at radius 2 is 2.30 bits per heavy atom. The molecule has 0 aliphatic rings. The molecule has 0 atom stereocenters. The Kier molecular flexibility index (Phi) is 3.83. The number of pyridine rings is 1. The first-order chi connectivity index (χ1) is 11.1. The van der Waals surface area contributed by atoms with E-state index in [-0.39, 0.29) is 5.88 Å². The molecule has 0 saturated carbocycles. The summed E-state index contributed by atoms with van der Waals surface area (Å²) in [6.07, 6.45) is 6.59. The Bertz CT molecular complexity index is 853. The molecule has 0 fully saturated rings.